The number of carbonyl (C=O) groups is 1. The van der Waals surface area contributed by atoms with Crippen LogP contribution in [0.25, 0.3) is 0 Å². The van der Waals surface area contributed by atoms with Crippen molar-refractivity contribution in [1.29, 1.82) is 0 Å². The van der Waals surface area contributed by atoms with Gasteiger partial charge in [0.05, 0.1) is 12.7 Å². The molecule has 1 saturated heterocycles. The van der Waals surface area contributed by atoms with Gasteiger partial charge in [-0.3, -0.25) is 4.79 Å². The molecule has 0 aliphatic carbocycles. The molecule has 1 fully saturated rings. The zero-order valence-corrected chi connectivity index (χ0v) is 11.6. The number of hydrogen-bond donors (Lipinski definition) is 0. The van der Waals surface area contributed by atoms with Crippen molar-refractivity contribution in [1.82, 2.24) is 4.90 Å². The fourth-order valence-electron chi connectivity index (χ4n) is 2.37. The van der Waals surface area contributed by atoms with E-state index in [-0.39, 0.29) is 18.6 Å². The van der Waals surface area contributed by atoms with Gasteiger partial charge in [-0.1, -0.05) is 13.0 Å². The summed E-state index contributed by atoms with van der Waals surface area (Å²) in [5, 5.41) is 0. The van der Waals surface area contributed by atoms with Crippen LogP contribution in [0.15, 0.2) is 18.2 Å². The van der Waals surface area contributed by atoms with Crippen LogP contribution in [0.4, 0.5) is 8.78 Å². The molecule has 0 spiro atoms. The third-order valence-corrected chi connectivity index (χ3v) is 3.52. The SMILES string of the molecule is CCC(=O)N1CCCC(OCc2ccc(F)cc2F)C1. The van der Waals surface area contributed by atoms with Gasteiger partial charge in [0, 0.05) is 31.1 Å². The highest BCUT2D eigenvalue weighted by Crippen LogP contribution is 2.17. The summed E-state index contributed by atoms with van der Waals surface area (Å²) in [7, 11) is 0. The number of ether oxygens (including phenoxy) is 1. The van der Waals surface area contributed by atoms with E-state index >= 15 is 0 Å². The first-order valence-electron chi connectivity index (χ1n) is 6.93. The van der Waals surface area contributed by atoms with Crippen LogP contribution in [0.3, 0.4) is 0 Å². The predicted octanol–water partition coefficient (Wildman–Crippen LogP) is 2.88. The maximum absolute atomic E-state index is 13.5. The van der Waals surface area contributed by atoms with E-state index in [1.165, 1.54) is 12.1 Å². The molecule has 1 heterocycles. The number of piperidine rings is 1. The highest BCUT2D eigenvalue weighted by molar-refractivity contribution is 5.75. The molecule has 1 aliphatic rings. The number of rotatable bonds is 4. The Kier molecular flexibility index (Phi) is 5.06. The standard InChI is InChI=1S/C15H19F2NO2/c1-2-15(19)18-7-3-4-13(9-18)20-10-11-5-6-12(16)8-14(11)17/h5-6,8,13H,2-4,7,9-10H2,1H3. The lowest BCUT2D eigenvalue weighted by Gasteiger charge is -2.32. The molecule has 0 aromatic heterocycles. The van der Waals surface area contributed by atoms with Crippen LogP contribution in [0, 0.1) is 11.6 Å². The van der Waals surface area contributed by atoms with Gasteiger partial charge in [-0.2, -0.15) is 0 Å². The molecule has 1 unspecified atom stereocenters. The van der Waals surface area contributed by atoms with Crippen LogP contribution in [0.5, 0.6) is 0 Å². The fraction of sp³-hybridized carbons (Fsp3) is 0.533. The van der Waals surface area contributed by atoms with Gasteiger partial charge in [-0.25, -0.2) is 8.78 Å². The number of amides is 1. The summed E-state index contributed by atoms with van der Waals surface area (Å²) in [6.45, 7) is 3.25. The Bertz CT molecular complexity index is 479. The molecule has 0 radical (unpaired) electrons. The zero-order chi connectivity index (χ0) is 14.5. The van der Waals surface area contributed by atoms with Crippen molar-refractivity contribution in [3.63, 3.8) is 0 Å². The minimum Gasteiger partial charge on any atom is -0.372 e. The molecule has 3 nitrogen and oxygen atoms in total. The average Bonchev–Trinajstić information content (AvgIpc) is 2.46. The van der Waals surface area contributed by atoms with Crippen LogP contribution < -0.4 is 0 Å². The molecule has 110 valence electrons. The van der Waals surface area contributed by atoms with Crippen LogP contribution in [-0.2, 0) is 16.1 Å². The fourth-order valence-corrected chi connectivity index (χ4v) is 2.37. The number of benzene rings is 1. The van der Waals surface area contributed by atoms with Crippen molar-refractivity contribution >= 4 is 5.91 Å². The summed E-state index contributed by atoms with van der Waals surface area (Å²) in [6, 6.07) is 3.46. The second-order valence-electron chi connectivity index (χ2n) is 5.00. The topological polar surface area (TPSA) is 29.5 Å². The van der Waals surface area contributed by atoms with Gasteiger partial charge in [-0.15, -0.1) is 0 Å². The minimum absolute atomic E-state index is 0.0799. The lowest BCUT2D eigenvalue weighted by atomic mass is 10.1. The maximum atomic E-state index is 13.5. The Morgan fingerprint density at radius 1 is 1.45 bits per heavy atom. The van der Waals surface area contributed by atoms with Gasteiger partial charge >= 0.3 is 0 Å². The van der Waals surface area contributed by atoms with Crippen molar-refractivity contribution in [3.05, 3.63) is 35.4 Å². The van der Waals surface area contributed by atoms with Gasteiger partial charge in [0.1, 0.15) is 11.6 Å². The highest BCUT2D eigenvalue weighted by Gasteiger charge is 2.23. The van der Waals surface area contributed by atoms with Crippen LogP contribution in [-0.4, -0.2) is 30.0 Å². The van der Waals surface area contributed by atoms with Gasteiger partial charge in [0.2, 0.25) is 5.91 Å². The van der Waals surface area contributed by atoms with Gasteiger partial charge in [0.25, 0.3) is 0 Å². The predicted molar refractivity (Wildman–Crippen MR) is 71.0 cm³/mol. The molecule has 2 rings (SSSR count). The van der Waals surface area contributed by atoms with Crippen molar-refractivity contribution in [3.8, 4) is 0 Å². The van der Waals surface area contributed by atoms with Crippen LogP contribution >= 0.6 is 0 Å². The Morgan fingerprint density at radius 3 is 2.95 bits per heavy atom. The van der Waals surface area contributed by atoms with Crippen molar-refractivity contribution < 1.29 is 18.3 Å². The van der Waals surface area contributed by atoms with E-state index < -0.39 is 11.6 Å². The molecular weight excluding hydrogens is 264 g/mol. The Hall–Kier alpha value is -1.49. The Labute approximate surface area is 117 Å². The summed E-state index contributed by atoms with van der Waals surface area (Å²) in [5.74, 6) is -1.07. The van der Waals surface area contributed by atoms with E-state index in [1.54, 1.807) is 4.90 Å². The number of carbonyl (C=O) groups excluding carboxylic acids is 1. The first-order chi connectivity index (χ1) is 9.60. The number of likely N-dealkylation sites (tertiary alicyclic amines) is 1. The number of halogens is 2. The molecule has 1 aliphatic heterocycles. The minimum atomic E-state index is -0.595. The summed E-state index contributed by atoms with van der Waals surface area (Å²) < 4.78 is 31.9. The molecule has 5 heteroatoms. The second kappa shape index (κ2) is 6.79. The normalized spacial score (nSPS) is 19.1. The molecule has 0 saturated carbocycles. The largest absolute Gasteiger partial charge is 0.372 e. The average molecular weight is 283 g/mol. The third kappa shape index (κ3) is 3.76. The number of nitrogens with zero attached hydrogens (tertiary/aromatic N) is 1. The molecule has 0 N–H and O–H groups in total. The molecule has 1 aromatic carbocycles. The van der Waals surface area contributed by atoms with Crippen molar-refractivity contribution in [2.45, 2.75) is 38.9 Å². The smallest absolute Gasteiger partial charge is 0.222 e. The van der Waals surface area contributed by atoms with E-state index in [0.717, 1.165) is 25.5 Å². The van der Waals surface area contributed by atoms with E-state index in [2.05, 4.69) is 0 Å². The lowest BCUT2D eigenvalue weighted by molar-refractivity contribution is -0.135. The van der Waals surface area contributed by atoms with Crippen LogP contribution in [0.1, 0.15) is 31.7 Å². The summed E-state index contributed by atoms with van der Waals surface area (Å²) >= 11 is 0. The monoisotopic (exact) mass is 283 g/mol. The van der Waals surface area contributed by atoms with Gasteiger partial charge in [0.15, 0.2) is 0 Å². The zero-order valence-electron chi connectivity index (χ0n) is 11.6. The van der Waals surface area contributed by atoms with E-state index in [0.29, 0.717) is 18.5 Å². The van der Waals surface area contributed by atoms with E-state index in [1.807, 2.05) is 6.92 Å². The molecule has 20 heavy (non-hydrogen) atoms. The van der Waals surface area contributed by atoms with Crippen molar-refractivity contribution in [2.75, 3.05) is 13.1 Å². The van der Waals surface area contributed by atoms with E-state index in [4.69, 9.17) is 4.74 Å². The third-order valence-electron chi connectivity index (χ3n) is 3.52. The van der Waals surface area contributed by atoms with Gasteiger partial charge in [-0.05, 0) is 18.9 Å². The van der Waals surface area contributed by atoms with E-state index in [9.17, 15) is 13.6 Å². The molecule has 1 aromatic rings. The Balaban J connectivity index is 1.88. The molecule has 1 amide bonds. The molecular formula is C15H19F2NO2. The number of hydrogen-bond acceptors (Lipinski definition) is 2. The summed E-state index contributed by atoms with van der Waals surface area (Å²) in [5.41, 5.74) is 0.338. The summed E-state index contributed by atoms with van der Waals surface area (Å²) in [6.07, 6.45) is 2.15. The quantitative estimate of drug-likeness (QED) is 0.850. The van der Waals surface area contributed by atoms with Crippen molar-refractivity contribution in [2.24, 2.45) is 0 Å². The molecule has 1 atom stereocenters. The molecule has 0 bridgehead atoms. The first-order valence-corrected chi connectivity index (χ1v) is 6.93. The second-order valence-corrected chi connectivity index (χ2v) is 5.00. The maximum Gasteiger partial charge on any atom is 0.222 e. The van der Waals surface area contributed by atoms with Crippen LogP contribution in [0.2, 0.25) is 0 Å². The lowest BCUT2D eigenvalue weighted by Crippen LogP contribution is -2.42. The Morgan fingerprint density at radius 2 is 2.25 bits per heavy atom. The first kappa shape index (κ1) is 14.9. The van der Waals surface area contributed by atoms with Gasteiger partial charge < -0.3 is 9.64 Å². The summed E-state index contributed by atoms with van der Waals surface area (Å²) in [4.78, 5) is 13.4. The highest BCUT2D eigenvalue weighted by atomic mass is 19.1.